The first-order chi connectivity index (χ1) is 10.4. The number of hydrogen-bond acceptors (Lipinski definition) is 8. The summed E-state index contributed by atoms with van der Waals surface area (Å²) in [7, 11) is 0. The normalized spacial score (nSPS) is 32.2. The Morgan fingerprint density at radius 1 is 1.36 bits per heavy atom. The third-order valence-electron chi connectivity index (χ3n) is 3.73. The van der Waals surface area contributed by atoms with Gasteiger partial charge in [0, 0.05) is 0 Å². The molecule has 4 unspecified atom stereocenters. The number of nitrogens with two attached hydrogens (primary N) is 1. The van der Waals surface area contributed by atoms with Gasteiger partial charge in [0.05, 0.1) is 12.9 Å². The lowest BCUT2D eigenvalue weighted by atomic mass is 9.96. The van der Waals surface area contributed by atoms with Crippen LogP contribution in [0.3, 0.4) is 0 Å². The zero-order valence-electron chi connectivity index (χ0n) is 11.0. The number of nitrogens with zero attached hydrogens (tertiary/aromatic N) is 4. The van der Waals surface area contributed by atoms with Gasteiger partial charge in [-0.3, -0.25) is 4.57 Å². The van der Waals surface area contributed by atoms with Crippen molar-refractivity contribution in [1.82, 2.24) is 19.5 Å². The lowest BCUT2D eigenvalue weighted by molar-refractivity contribution is -0.194. The van der Waals surface area contributed by atoms with E-state index < -0.39 is 37.1 Å². The Labute approximate surface area is 122 Å². The molecule has 22 heavy (non-hydrogen) atoms. The van der Waals surface area contributed by atoms with Gasteiger partial charge in [-0.05, 0) is 0 Å². The molecule has 0 saturated carbocycles. The Morgan fingerprint density at radius 3 is 2.68 bits per heavy atom. The molecule has 0 aromatic carbocycles. The maximum absolute atomic E-state index is 13.2. The maximum Gasteiger partial charge on any atom is 0.272 e. The van der Waals surface area contributed by atoms with Gasteiger partial charge in [-0.2, -0.15) is 0 Å². The van der Waals surface area contributed by atoms with Crippen LogP contribution in [0.1, 0.15) is 6.23 Å². The largest absolute Gasteiger partial charge is 0.393 e. The molecule has 1 fully saturated rings. The number of aliphatic hydroxyl groups is 3. The molecule has 0 spiro atoms. The molecule has 3 rings (SSSR count). The van der Waals surface area contributed by atoms with Crippen molar-refractivity contribution >= 4 is 17.0 Å². The molecule has 0 radical (unpaired) electrons. The number of nitrogen functional groups attached to an aromatic ring is 1. The molecule has 4 atom stereocenters. The van der Waals surface area contributed by atoms with Crippen molar-refractivity contribution in [2.75, 3.05) is 12.3 Å². The molecule has 3 heterocycles. The van der Waals surface area contributed by atoms with E-state index in [1.54, 1.807) is 0 Å². The third kappa shape index (κ3) is 1.86. The zero-order valence-corrected chi connectivity index (χ0v) is 11.0. The fourth-order valence-electron chi connectivity index (χ4n) is 2.47. The summed E-state index contributed by atoms with van der Waals surface area (Å²) in [5, 5.41) is 29.1. The van der Waals surface area contributed by atoms with Gasteiger partial charge in [-0.25, -0.2) is 23.7 Å². The topological polar surface area (TPSA) is 140 Å². The predicted molar refractivity (Wildman–Crippen MR) is 67.7 cm³/mol. The number of ether oxygens (including phenoxy) is 1. The number of imidazole rings is 1. The van der Waals surface area contributed by atoms with E-state index >= 15 is 0 Å². The van der Waals surface area contributed by atoms with Gasteiger partial charge in [0.25, 0.3) is 6.43 Å². The Morgan fingerprint density at radius 2 is 2.09 bits per heavy atom. The Bertz CT molecular complexity index is 698. The molecule has 0 aliphatic carbocycles. The average Bonchev–Trinajstić information content (AvgIpc) is 3.02. The van der Waals surface area contributed by atoms with Crippen LogP contribution in [0.25, 0.3) is 11.2 Å². The van der Waals surface area contributed by atoms with Crippen LogP contribution >= 0.6 is 0 Å². The fraction of sp³-hybridized carbons (Fsp3) is 0.545. The fourth-order valence-corrected chi connectivity index (χ4v) is 2.47. The number of aromatic nitrogens is 4. The van der Waals surface area contributed by atoms with Crippen LogP contribution in [0.15, 0.2) is 12.7 Å². The highest BCUT2D eigenvalue weighted by Gasteiger charge is 2.60. The summed E-state index contributed by atoms with van der Waals surface area (Å²) >= 11 is 0. The smallest absolute Gasteiger partial charge is 0.272 e. The molecule has 2 aromatic heterocycles. The van der Waals surface area contributed by atoms with Gasteiger partial charge in [0.1, 0.15) is 24.1 Å². The monoisotopic (exact) mass is 317 g/mol. The van der Waals surface area contributed by atoms with Gasteiger partial charge >= 0.3 is 0 Å². The first kappa shape index (κ1) is 15.0. The summed E-state index contributed by atoms with van der Waals surface area (Å²) in [6.45, 7) is -1.16. The SMILES string of the molecule is Nc1ncnc2c1ncn2C1OC(CO)(C(F)F)C(O)C1O. The number of halogens is 2. The molecule has 11 heteroatoms. The number of aliphatic hydroxyl groups excluding tert-OH is 3. The average molecular weight is 317 g/mol. The summed E-state index contributed by atoms with van der Waals surface area (Å²) in [5.74, 6) is 0.0686. The summed E-state index contributed by atoms with van der Waals surface area (Å²) in [5.41, 5.74) is 3.38. The molecule has 0 bridgehead atoms. The van der Waals surface area contributed by atoms with E-state index in [9.17, 15) is 24.1 Å². The van der Waals surface area contributed by atoms with E-state index in [4.69, 9.17) is 10.5 Å². The van der Waals surface area contributed by atoms with Crippen LogP contribution in [0.2, 0.25) is 0 Å². The minimum atomic E-state index is -3.21. The second kappa shape index (κ2) is 5.05. The van der Waals surface area contributed by atoms with Crippen LogP contribution in [0.4, 0.5) is 14.6 Å². The second-order valence-electron chi connectivity index (χ2n) is 4.94. The Hall–Kier alpha value is -1.95. The molecule has 1 aliphatic heterocycles. The molecule has 120 valence electrons. The highest BCUT2D eigenvalue weighted by molar-refractivity contribution is 5.81. The van der Waals surface area contributed by atoms with Gasteiger partial charge in [-0.1, -0.05) is 0 Å². The van der Waals surface area contributed by atoms with E-state index in [0.29, 0.717) is 0 Å². The standard InChI is InChI=1S/C11H13F2N5O4/c12-10(13)11(1-19)6(21)5(20)9(22-11)18-3-17-4-7(14)15-2-16-8(4)18/h2-3,5-6,9-10,19-21H,1H2,(H2,14,15,16). The predicted octanol–water partition coefficient (Wildman–Crippen LogP) is -1.34. The van der Waals surface area contributed by atoms with Gasteiger partial charge in [-0.15, -0.1) is 0 Å². The van der Waals surface area contributed by atoms with E-state index in [1.807, 2.05) is 0 Å². The van der Waals surface area contributed by atoms with E-state index in [-0.39, 0.29) is 17.0 Å². The van der Waals surface area contributed by atoms with Crippen molar-refractivity contribution in [2.45, 2.75) is 30.5 Å². The molecule has 0 amide bonds. The summed E-state index contributed by atoms with van der Waals surface area (Å²) in [4.78, 5) is 11.6. The van der Waals surface area contributed by atoms with E-state index in [0.717, 1.165) is 10.9 Å². The van der Waals surface area contributed by atoms with Crippen LogP contribution < -0.4 is 5.73 Å². The molecule has 9 nitrogen and oxygen atoms in total. The second-order valence-corrected chi connectivity index (χ2v) is 4.94. The van der Waals surface area contributed by atoms with Crippen LogP contribution in [-0.2, 0) is 4.74 Å². The van der Waals surface area contributed by atoms with Gasteiger partial charge in [0.2, 0.25) is 0 Å². The Kier molecular flexibility index (Phi) is 3.44. The van der Waals surface area contributed by atoms with Gasteiger partial charge in [0.15, 0.2) is 23.3 Å². The first-order valence-corrected chi connectivity index (χ1v) is 6.28. The highest BCUT2D eigenvalue weighted by atomic mass is 19.3. The number of anilines is 1. The lowest BCUT2D eigenvalue weighted by Gasteiger charge is -2.28. The van der Waals surface area contributed by atoms with Crippen molar-refractivity contribution in [3.8, 4) is 0 Å². The third-order valence-corrected chi connectivity index (χ3v) is 3.73. The molecule has 5 N–H and O–H groups in total. The van der Waals surface area contributed by atoms with Crippen LogP contribution in [0, 0.1) is 0 Å². The van der Waals surface area contributed by atoms with Gasteiger partial charge < -0.3 is 25.8 Å². The molecular formula is C11H13F2N5O4. The number of rotatable bonds is 3. The summed E-state index contributed by atoms with van der Waals surface area (Å²) in [6.07, 6.45) is -6.00. The van der Waals surface area contributed by atoms with Crippen molar-refractivity contribution < 1.29 is 28.8 Å². The van der Waals surface area contributed by atoms with Crippen molar-refractivity contribution in [1.29, 1.82) is 0 Å². The summed E-state index contributed by atoms with van der Waals surface area (Å²) < 4.78 is 32.6. The van der Waals surface area contributed by atoms with Crippen molar-refractivity contribution in [3.05, 3.63) is 12.7 Å². The minimum absolute atomic E-state index is 0.0686. The molecule has 2 aromatic rings. The van der Waals surface area contributed by atoms with Crippen molar-refractivity contribution in [2.24, 2.45) is 0 Å². The molecular weight excluding hydrogens is 304 g/mol. The highest BCUT2D eigenvalue weighted by Crippen LogP contribution is 2.41. The van der Waals surface area contributed by atoms with Crippen LogP contribution in [-0.4, -0.2) is 65.7 Å². The zero-order chi connectivity index (χ0) is 16.1. The first-order valence-electron chi connectivity index (χ1n) is 6.28. The minimum Gasteiger partial charge on any atom is -0.393 e. The maximum atomic E-state index is 13.2. The van der Waals surface area contributed by atoms with Crippen molar-refractivity contribution in [3.63, 3.8) is 0 Å². The number of fused-ring (bicyclic) bond motifs is 1. The number of hydrogen-bond donors (Lipinski definition) is 4. The summed E-state index contributed by atoms with van der Waals surface area (Å²) in [6, 6.07) is 0. The molecule has 1 saturated heterocycles. The molecule has 1 aliphatic rings. The quantitative estimate of drug-likeness (QED) is 0.545. The van der Waals surface area contributed by atoms with E-state index in [1.165, 1.54) is 6.33 Å². The van der Waals surface area contributed by atoms with E-state index in [2.05, 4.69) is 15.0 Å². The Balaban J connectivity index is 2.06. The lowest BCUT2D eigenvalue weighted by Crippen LogP contribution is -2.52. The number of alkyl halides is 2. The van der Waals surface area contributed by atoms with Crippen LogP contribution in [0.5, 0.6) is 0 Å².